The van der Waals surface area contributed by atoms with E-state index < -0.39 is 10.2 Å². The molecule has 0 saturated carbocycles. The number of aromatic nitrogens is 3. The van der Waals surface area contributed by atoms with E-state index in [1.54, 1.807) is 0 Å². The summed E-state index contributed by atoms with van der Waals surface area (Å²) in [6.07, 6.45) is 0. The van der Waals surface area contributed by atoms with Crippen molar-refractivity contribution in [2.24, 2.45) is 10.3 Å². The van der Waals surface area contributed by atoms with Crippen molar-refractivity contribution in [3.63, 3.8) is 0 Å². The number of anilines is 3. The summed E-state index contributed by atoms with van der Waals surface area (Å²) in [5, 5.41) is 8.21. The van der Waals surface area contributed by atoms with Crippen LogP contribution < -0.4 is 27.5 Å². The minimum atomic E-state index is -3.67. The van der Waals surface area contributed by atoms with Gasteiger partial charge in [0.1, 0.15) is 6.79 Å². The number of hydrogen-bond donors (Lipinski definition) is 5. The molecule has 0 radical (unpaired) electrons. The summed E-state index contributed by atoms with van der Waals surface area (Å²) in [5.74, 6) is 0.125. The number of nitrogens with two attached hydrogens (primary N) is 5. The van der Waals surface area contributed by atoms with Crippen LogP contribution >= 0.6 is 0 Å². The molecule has 0 aliphatic carbocycles. The van der Waals surface area contributed by atoms with Gasteiger partial charge in [-0.3, -0.25) is 0 Å². The van der Waals surface area contributed by atoms with Gasteiger partial charge in [0.2, 0.25) is 17.8 Å². The van der Waals surface area contributed by atoms with Crippen molar-refractivity contribution in [2.45, 2.75) is 0 Å². The highest BCUT2D eigenvalue weighted by atomic mass is 32.2. The number of nitrogens with zero attached hydrogens (tertiary/aromatic N) is 3. The summed E-state index contributed by atoms with van der Waals surface area (Å²) >= 11 is 0. The van der Waals surface area contributed by atoms with E-state index in [1.165, 1.54) is 0 Å². The van der Waals surface area contributed by atoms with Crippen molar-refractivity contribution in [1.82, 2.24) is 15.0 Å². The lowest BCUT2D eigenvalue weighted by molar-refractivity contribution is -0.0979. The zero-order valence-electron chi connectivity index (χ0n) is 8.07. The van der Waals surface area contributed by atoms with Gasteiger partial charge in [0.05, 0.1) is 0 Å². The molecular formula is C4H12N8O3S. The molecule has 0 aromatic carbocycles. The molecule has 0 fully saturated rings. The summed E-state index contributed by atoms with van der Waals surface area (Å²) in [5.41, 5.74) is 15.4. The van der Waals surface area contributed by atoms with Crippen LogP contribution in [0.3, 0.4) is 0 Å². The lowest BCUT2D eigenvalue weighted by Gasteiger charge is -1.93. The van der Waals surface area contributed by atoms with E-state index in [1.807, 2.05) is 6.79 Å². The van der Waals surface area contributed by atoms with E-state index in [2.05, 4.69) is 25.2 Å². The average molecular weight is 252 g/mol. The molecule has 0 bridgehead atoms. The first-order chi connectivity index (χ1) is 7.18. The van der Waals surface area contributed by atoms with Crippen LogP contribution in [0.4, 0.5) is 17.8 Å². The van der Waals surface area contributed by atoms with Gasteiger partial charge in [0, 0.05) is 0 Å². The van der Waals surface area contributed by atoms with Gasteiger partial charge in [-0.2, -0.15) is 23.4 Å². The van der Waals surface area contributed by atoms with Crippen LogP contribution in [-0.4, -0.2) is 30.2 Å². The predicted octanol–water partition coefficient (Wildman–Crippen LogP) is -3.42. The molecule has 16 heavy (non-hydrogen) atoms. The third-order valence-electron chi connectivity index (χ3n) is 0.687. The predicted molar refractivity (Wildman–Crippen MR) is 57.5 cm³/mol. The summed E-state index contributed by atoms with van der Waals surface area (Å²) < 4.78 is 18.4. The first-order valence-electron chi connectivity index (χ1n) is 3.30. The van der Waals surface area contributed by atoms with E-state index >= 15 is 0 Å². The van der Waals surface area contributed by atoms with E-state index in [-0.39, 0.29) is 17.8 Å². The Hall–Kier alpha value is -2.05. The maximum atomic E-state index is 9.19. The molecule has 1 heterocycles. The lowest BCUT2D eigenvalue weighted by Crippen LogP contribution is -2.21. The normalized spacial score (nSPS) is 9.12. The smallest absolute Gasteiger partial charge is 0.271 e. The van der Waals surface area contributed by atoms with E-state index in [9.17, 15) is 8.42 Å². The molecule has 11 nitrogen and oxygen atoms in total. The van der Waals surface area contributed by atoms with Crippen LogP contribution in [0.5, 0.6) is 0 Å². The number of hydrogen-bond acceptors (Lipinski definition) is 9. The van der Waals surface area contributed by atoms with E-state index in [0.29, 0.717) is 0 Å². The van der Waals surface area contributed by atoms with Gasteiger partial charge >= 0.3 is 0 Å². The Bertz CT molecular complexity index is 361. The SMILES string of the molecule is C=O.NS(N)(=O)=O.Nc1nc(N)nc(N)n1. The first-order valence-corrected chi connectivity index (χ1v) is 4.91. The van der Waals surface area contributed by atoms with Gasteiger partial charge in [-0.05, 0) is 0 Å². The monoisotopic (exact) mass is 252 g/mol. The number of carbonyl (C=O) groups excluding carboxylic acids is 1. The van der Waals surface area contributed by atoms with Crippen molar-refractivity contribution in [1.29, 1.82) is 0 Å². The Labute approximate surface area is 91.2 Å². The Kier molecular flexibility index (Phi) is 7.44. The van der Waals surface area contributed by atoms with Crippen molar-refractivity contribution >= 4 is 34.8 Å². The maximum absolute atomic E-state index is 9.19. The van der Waals surface area contributed by atoms with Crippen LogP contribution in [-0.2, 0) is 15.0 Å². The second kappa shape index (κ2) is 7.27. The topological polar surface area (TPSA) is 220 Å². The zero-order chi connectivity index (χ0) is 13.4. The van der Waals surface area contributed by atoms with Gasteiger partial charge in [-0.15, -0.1) is 0 Å². The average Bonchev–Trinajstić information content (AvgIpc) is 2.01. The van der Waals surface area contributed by atoms with Gasteiger partial charge in [0.25, 0.3) is 10.2 Å². The molecule has 0 aliphatic heterocycles. The third-order valence-corrected chi connectivity index (χ3v) is 0.687. The number of nitrogen functional groups attached to an aromatic ring is 3. The zero-order valence-corrected chi connectivity index (χ0v) is 8.88. The molecule has 0 amide bonds. The molecule has 0 atom stereocenters. The fraction of sp³-hybridized carbons (Fsp3) is 0. The molecule has 1 aromatic rings. The number of rotatable bonds is 0. The van der Waals surface area contributed by atoms with E-state index in [0.717, 1.165) is 0 Å². The highest BCUT2D eigenvalue weighted by Crippen LogP contribution is 1.97. The second-order valence-corrected chi connectivity index (χ2v) is 3.18. The van der Waals surface area contributed by atoms with Gasteiger partial charge in [-0.25, -0.2) is 10.3 Å². The molecule has 0 unspecified atom stereocenters. The fourth-order valence-electron chi connectivity index (χ4n) is 0.427. The van der Waals surface area contributed by atoms with Crippen molar-refractivity contribution < 1.29 is 13.2 Å². The summed E-state index contributed by atoms with van der Waals surface area (Å²) in [6.45, 7) is 2.00. The fourth-order valence-corrected chi connectivity index (χ4v) is 0.427. The minimum Gasteiger partial charge on any atom is -0.368 e. The van der Waals surface area contributed by atoms with Gasteiger partial charge in [-0.1, -0.05) is 0 Å². The van der Waals surface area contributed by atoms with Crippen molar-refractivity contribution in [2.75, 3.05) is 17.2 Å². The molecule has 1 rings (SSSR count). The quantitative estimate of drug-likeness (QED) is 0.309. The van der Waals surface area contributed by atoms with Gasteiger partial charge in [0.15, 0.2) is 0 Å². The van der Waals surface area contributed by atoms with Crippen molar-refractivity contribution in [3.8, 4) is 0 Å². The molecule has 12 heteroatoms. The van der Waals surface area contributed by atoms with Gasteiger partial charge < -0.3 is 22.0 Å². The Morgan fingerprint density at radius 1 is 0.812 bits per heavy atom. The number of carbonyl (C=O) groups is 1. The molecule has 0 spiro atoms. The standard InChI is InChI=1S/C3H6N6.CH2O.H4N2O2S/c4-1-7-2(5)9-3(6)8-1;1-2;1-5(2,3)4/h(H6,4,5,6,7,8,9);1H2;(H4,1,2,3,4). The van der Waals surface area contributed by atoms with Crippen molar-refractivity contribution in [3.05, 3.63) is 0 Å². The molecule has 10 N–H and O–H groups in total. The minimum absolute atomic E-state index is 0.0417. The third kappa shape index (κ3) is 14.5. The highest BCUT2D eigenvalue weighted by Gasteiger charge is 1.93. The molecule has 0 saturated heterocycles. The Morgan fingerprint density at radius 3 is 1.06 bits per heavy atom. The maximum Gasteiger partial charge on any atom is 0.271 e. The molecule has 0 aliphatic rings. The lowest BCUT2D eigenvalue weighted by atomic mass is 10.9. The van der Waals surface area contributed by atoms with Crippen LogP contribution in [0, 0.1) is 0 Å². The second-order valence-electron chi connectivity index (χ2n) is 2.00. The molecular weight excluding hydrogens is 240 g/mol. The van der Waals surface area contributed by atoms with Crippen LogP contribution in [0.2, 0.25) is 0 Å². The van der Waals surface area contributed by atoms with Crippen LogP contribution in [0.15, 0.2) is 0 Å². The molecule has 1 aromatic heterocycles. The van der Waals surface area contributed by atoms with Crippen LogP contribution in [0.1, 0.15) is 0 Å². The summed E-state index contributed by atoms with van der Waals surface area (Å²) in [7, 11) is -3.67. The van der Waals surface area contributed by atoms with E-state index in [4.69, 9.17) is 22.0 Å². The first kappa shape index (κ1) is 16.4. The summed E-state index contributed by atoms with van der Waals surface area (Å²) in [4.78, 5) is 18.5. The highest BCUT2D eigenvalue weighted by molar-refractivity contribution is 7.86. The Morgan fingerprint density at radius 2 is 0.938 bits per heavy atom. The largest absolute Gasteiger partial charge is 0.368 e. The van der Waals surface area contributed by atoms with Crippen LogP contribution in [0.25, 0.3) is 0 Å². The summed E-state index contributed by atoms with van der Waals surface area (Å²) in [6, 6.07) is 0. The molecule has 92 valence electrons. The Balaban J connectivity index is 0.